The summed E-state index contributed by atoms with van der Waals surface area (Å²) in [5.74, 6) is 2.34. The molecule has 2 aliphatic heterocycles. The van der Waals surface area contributed by atoms with Crippen molar-refractivity contribution in [3.05, 3.63) is 40.2 Å². The van der Waals surface area contributed by atoms with Crippen molar-refractivity contribution in [2.45, 2.75) is 26.6 Å². The summed E-state index contributed by atoms with van der Waals surface area (Å²) in [5.41, 5.74) is 0.481. The van der Waals surface area contributed by atoms with Crippen molar-refractivity contribution in [2.75, 3.05) is 62.3 Å². The van der Waals surface area contributed by atoms with E-state index in [4.69, 9.17) is 14.7 Å². The Hall–Kier alpha value is -2.50. The van der Waals surface area contributed by atoms with E-state index in [1.54, 1.807) is 11.3 Å². The van der Waals surface area contributed by atoms with E-state index in [0.29, 0.717) is 38.5 Å². The van der Waals surface area contributed by atoms with Crippen molar-refractivity contribution in [3.8, 4) is 0 Å². The molecular formula is C23H27F3N6OS. The van der Waals surface area contributed by atoms with E-state index in [2.05, 4.69) is 28.6 Å². The van der Waals surface area contributed by atoms with E-state index in [1.165, 1.54) is 16.5 Å². The summed E-state index contributed by atoms with van der Waals surface area (Å²) in [6.45, 7) is 10.9. The Morgan fingerprint density at radius 1 is 0.971 bits per heavy atom. The SMILES string of the molecule is Cc1sc2nc(CN3CCOCC3)nc(N3CCN(c4ccc(C(F)(F)F)cn4)CC3)c2c1C. The van der Waals surface area contributed by atoms with Gasteiger partial charge in [-0.2, -0.15) is 13.2 Å². The van der Waals surface area contributed by atoms with Gasteiger partial charge in [-0.1, -0.05) is 0 Å². The number of pyridine rings is 1. The number of halogens is 3. The van der Waals surface area contributed by atoms with E-state index in [-0.39, 0.29) is 0 Å². The average Bonchev–Trinajstić information content (AvgIpc) is 3.12. The topological polar surface area (TPSA) is 57.6 Å². The van der Waals surface area contributed by atoms with E-state index < -0.39 is 11.7 Å². The van der Waals surface area contributed by atoms with Crippen LogP contribution >= 0.6 is 11.3 Å². The molecule has 0 N–H and O–H groups in total. The summed E-state index contributed by atoms with van der Waals surface area (Å²) in [6, 6.07) is 2.55. The first-order valence-corrected chi connectivity index (χ1v) is 12.2. The first kappa shape index (κ1) is 23.3. The number of rotatable bonds is 4. The number of nitrogens with zero attached hydrogens (tertiary/aromatic N) is 6. The third kappa shape index (κ3) is 4.69. The molecule has 34 heavy (non-hydrogen) atoms. The Labute approximate surface area is 200 Å². The maximum absolute atomic E-state index is 12.9. The van der Waals surface area contributed by atoms with Gasteiger partial charge in [-0.3, -0.25) is 4.90 Å². The Morgan fingerprint density at radius 2 is 1.68 bits per heavy atom. The number of anilines is 2. The molecule has 5 heterocycles. The number of aromatic nitrogens is 3. The Bertz CT molecular complexity index is 1150. The normalized spacial score (nSPS) is 18.1. The number of morpholine rings is 1. The summed E-state index contributed by atoms with van der Waals surface area (Å²) < 4.78 is 44.0. The third-order valence-electron chi connectivity index (χ3n) is 6.50. The van der Waals surface area contributed by atoms with Crippen molar-refractivity contribution in [3.63, 3.8) is 0 Å². The van der Waals surface area contributed by atoms with Gasteiger partial charge in [0.05, 0.1) is 30.7 Å². The molecule has 0 atom stereocenters. The molecule has 0 aliphatic carbocycles. The highest BCUT2D eigenvalue weighted by atomic mass is 32.1. The van der Waals surface area contributed by atoms with Gasteiger partial charge in [0, 0.05) is 50.3 Å². The highest BCUT2D eigenvalue weighted by molar-refractivity contribution is 7.18. The maximum Gasteiger partial charge on any atom is 0.417 e. The molecule has 0 saturated carbocycles. The second-order valence-electron chi connectivity index (χ2n) is 8.69. The fourth-order valence-corrected chi connectivity index (χ4v) is 5.46. The van der Waals surface area contributed by atoms with Gasteiger partial charge in [-0.25, -0.2) is 15.0 Å². The molecule has 7 nitrogen and oxygen atoms in total. The van der Waals surface area contributed by atoms with Crippen LogP contribution in [0.1, 0.15) is 21.8 Å². The number of alkyl halides is 3. The fourth-order valence-electron chi connectivity index (χ4n) is 4.42. The third-order valence-corrected chi connectivity index (χ3v) is 7.60. The van der Waals surface area contributed by atoms with E-state index in [9.17, 15) is 13.2 Å². The predicted octanol–water partition coefficient (Wildman–Crippen LogP) is 3.88. The number of hydrogen-bond donors (Lipinski definition) is 0. The minimum atomic E-state index is -4.38. The Balaban J connectivity index is 1.36. The Morgan fingerprint density at radius 3 is 2.32 bits per heavy atom. The molecule has 3 aromatic heterocycles. The molecule has 11 heteroatoms. The lowest BCUT2D eigenvalue weighted by molar-refractivity contribution is -0.137. The second kappa shape index (κ2) is 9.27. The largest absolute Gasteiger partial charge is 0.417 e. The van der Waals surface area contributed by atoms with E-state index in [1.807, 2.05) is 4.90 Å². The van der Waals surface area contributed by atoms with Gasteiger partial charge in [0.15, 0.2) is 0 Å². The number of thiophene rings is 1. The molecule has 5 rings (SSSR count). The molecule has 0 aromatic carbocycles. The van der Waals surface area contributed by atoms with Crippen molar-refractivity contribution >= 4 is 33.2 Å². The predicted molar refractivity (Wildman–Crippen MR) is 127 cm³/mol. The minimum Gasteiger partial charge on any atom is -0.379 e. The minimum absolute atomic E-state index is 0.566. The monoisotopic (exact) mass is 492 g/mol. The van der Waals surface area contributed by atoms with Crippen LogP contribution in [0.3, 0.4) is 0 Å². The van der Waals surface area contributed by atoms with Crippen molar-refractivity contribution in [2.24, 2.45) is 0 Å². The summed E-state index contributed by atoms with van der Waals surface area (Å²) in [4.78, 5) is 22.8. The number of piperazine rings is 1. The van der Waals surface area contributed by atoms with Crippen LogP contribution in [0.25, 0.3) is 10.2 Å². The lowest BCUT2D eigenvalue weighted by Gasteiger charge is -2.36. The van der Waals surface area contributed by atoms with Crippen LogP contribution in [0.5, 0.6) is 0 Å². The number of aryl methyl sites for hydroxylation is 2. The molecule has 0 spiro atoms. The first-order valence-electron chi connectivity index (χ1n) is 11.4. The van der Waals surface area contributed by atoms with Crippen LogP contribution in [0.2, 0.25) is 0 Å². The zero-order valence-electron chi connectivity index (χ0n) is 19.2. The molecular weight excluding hydrogens is 465 g/mol. The van der Waals surface area contributed by atoms with Gasteiger partial charge in [0.25, 0.3) is 0 Å². The summed E-state index contributed by atoms with van der Waals surface area (Å²) in [6.07, 6.45) is -3.47. The van der Waals surface area contributed by atoms with Crippen LogP contribution in [0, 0.1) is 13.8 Å². The standard InChI is InChI=1S/C23H27F3N6OS/c1-15-16(2)34-22-20(15)21(28-18(29-22)14-30-9-11-33-12-10-30)32-7-5-31(6-8-32)19-4-3-17(13-27-19)23(24,25)26/h3-4,13H,5-12,14H2,1-2H3. The summed E-state index contributed by atoms with van der Waals surface area (Å²) in [7, 11) is 0. The highest BCUT2D eigenvalue weighted by Crippen LogP contribution is 2.36. The Kier molecular flexibility index (Phi) is 6.34. The van der Waals surface area contributed by atoms with Gasteiger partial charge in [-0.15, -0.1) is 11.3 Å². The number of fused-ring (bicyclic) bond motifs is 1. The van der Waals surface area contributed by atoms with Crippen molar-refractivity contribution in [1.29, 1.82) is 0 Å². The van der Waals surface area contributed by atoms with Crippen LogP contribution in [0.4, 0.5) is 24.8 Å². The highest BCUT2D eigenvalue weighted by Gasteiger charge is 2.31. The van der Waals surface area contributed by atoms with Crippen LogP contribution < -0.4 is 9.80 Å². The van der Waals surface area contributed by atoms with E-state index >= 15 is 0 Å². The zero-order valence-corrected chi connectivity index (χ0v) is 20.0. The molecule has 2 saturated heterocycles. The van der Waals surface area contributed by atoms with Crippen molar-refractivity contribution in [1.82, 2.24) is 19.9 Å². The van der Waals surface area contributed by atoms with Gasteiger partial charge in [-0.05, 0) is 31.5 Å². The number of hydrogen-bond acceptors (Lipinski definition) is 8. The lowest BCUT2D eigenvalue weighted by atomic mass is 10.2. The zero-order chi connectivity index (χ0) is 23.9. The number of ether oxygens (including phenoxy) is 1. The van der Waals surface area contributed by atoms with Gasteiger partial charge in [0.2, 0.25) is 0 Å². The van der Waals surface area contributed by atoms with Crippen LogP contribution in [-0.2, 0) is 17.5 Å². The molecule has 0 radical (unpaired) electrons. The van der Waals surface area contributed by atoms with Crippen molar-refractivity contribution < 1.29 is 17.9 Å². The van der Waals surface area contributed by atoms with Gasteiger partial charge in [0.1, 0.15) is 22.3 Å². The van der Waals surface area contributed by atoms with Gasteiger partial charge < -0.3 is 14.5 Å². The molecule has 0 bridgehead atoms. The average molecular weight is 493 g/mol. The fraction of sp³-hybridized carbons (Fsp3) is 0.522. The molecule has 2 aliphatic rings. The molecule has 3 aromatic rings. The lowest BCUT2D eigenvalue weighted by Crippen LogP contribution is -2.47. The summed E-state index contributed by atoms with van der Waals surface area (Å²) >= 11 is 1.70. The van der Waals surface area contributed by atoms with Crippen LogP contribution in [0.15, 0.2) is 18.3 Å². The second-order valence-corrected chi connectivity index (χ2v) is 9.90. The molecule has 0 amide bonds. The quantitative estimate of drug-likeness (QED) is 0.548. The molecule has 2 fully saturated rings. The molecule has 0 unspecified atom stereocenters. The van der Waals surface area contributed by atoms with Crippen LogP contribution in [-0.4, -0.2) is 72.3 Å². The first-order chi connectivity index (χ1) is 16.3. The van der Waals surface area contributed by atoms with E-state index in [0.717, 1.165) is 60.4 Å². The smallest absolute Gasteiger partial charge is 0.379 e. The maximum atomic E-state index is 12.9. The molecule has 182 valence electrons. The van der Waals surface area contributed by atoms with Gasteiger partial charge >= 0.3 is 6.18 Å². The summed E-state index contributed by atoms with van der Waals surface area (Å²) in [5, 5.41) is 1.11.